The molecular formula is C9H19ClO3. The molecule has 0 aliphatic carbocycles. The molecule has 3 nitrogen and oxygen atoms in total. The van der Waals surface area contributed by atoms with Crippen LogP contribution in [-0.2, 0) is 14.3 Å². The van der Waals surface area contributed by atoms with Crippen molar-refractivity contribution in [2.45, 2.75) is 39.4 Å². The monoisotopic (exact) mass is 210 g/mol. The Kier molecular flexibility index (Phi) is 14.0. The van der Waals surface area contributed by atoms with Crippen LogP contribution in [0.25, 0.3) is 0 Å². The summed E-state index contributed by atoms with van der Waals surface area (Å²) in [5, 5.41) is -0.324. The average Bonchev–Trinajstić information content (AvgIpc) is 2.06. The number of alkyl halides is 1. The molecule has 0 N–H and O–H groups in total. The van der Waals surface area contributed by atoms with Gasteiger partial charge >= 0.3 is 0 Å². The van der Waals surface area contributed by atoms with Crippen LogP contribution in [0, 0.1) is 0 Å². The van der Waals surface area contributed by atoms with Gasteiger partial charge in [0.1, 0.15) is 6.29 Å². The molecule has 0 heterocycles. The van der Waals surface area contributed by atoms with E-state index < -0.39 is 0 Å². The van der Waals surface area contributed by atoms with E-state index in [0.717, 1.165) is 13.2 Å². The summed E-state index contributed by atoms with van der Waals surface area (Å²) in [7, 11) is 0. The fraction of sp³-hybridized carbons (Fsp3) is 0.889. The van der Waals surface area contributed by atoms with E-state index in [1.54, 1.807) is 6.92 Å². The van der Waals surface area contributed by atoms with Gasteiger partial charge in [0.2, 0.25) is 0 Å². The Morgan fingerprint density at radius 2 is 1.54 bits per heavy atom. The normalized spacial score (nSPS) is 11.8. The Labute approximate surface area is 85.4 Å². The first kappa shape index (κ1) is 15.4. The zero-order valence-electron chi connectivity index (χ0n) is 8.75. The maximum atomic E-state index is 9.37. The Balaban J connectivity index is 0. The summed E-state index contributed by atoms with van der Waals surface area (Å²) in [6.45, 7) is 8.87. The van der Waals surface area contributed by atoms with Gasteiger partial charge in [0.05, 0.1) is 5.38 Å². The molecule has 0 rings (SSSR count). The molecule has 80 valence electrons. The van der Waals surface area contributed by atoms with Crippen LogP contribution in [0.4, 0.5) is 0 Å². The molecule has 0 amide bonds. The molecule has 0 radical (unpaired) electrons. The topological polar surface area (TPSA) is 35.5 Å². The smallest absolute Gasteiger partial charge is 0.154 e. The number of rotatable bonds is 5. The molecule has 13 heavy (non-hydrogen) atoms. The number of carbonyl (C=O) groups excluding carboxylic acids is 1. The van der Waals surface area contributed by atoms with Crippen LogP contribution in [0.3, 0.4) is 0 Å². The van der Waals surface area contributed by atoms with Gasteiger partial charge in [-0.2, -0.15) is 0 Å². The standard InChI is InChI=1S/C6H14O2.C3H5ClO/c1-4-7-6(3)8-5-2;1-3(4)2-5/h6H,4-5H2,1-3H3;2-3H,1H3. The van der Waals surface area contributed by atoms with Crippen molar-refractivity contribution in [3.63, 3.8) is 0 Å². The summed E-state index contributed by atoms with van der Waals surface area (Å²) in [5.74, 6) is 0. The summed E-state index contributed by atoms with van der Waals surface area (Å²) in [6.07, 6.45) is 0.645. The highest BCUT2D eigenvalue weighted by atomic mass is 35.5. The van der Waals surface area contributed by atoms with Gasteiger partial charge in [-0.3, -0.25) is 0 Å². The number of hydrogen-bond donors (Lipinski definition) is 0. The SMILES string of the molecule is CC(Cl)C=O.CCOC(C)OCC. The molecule has 0 spiro atoms. The lowest BCUT2D eigenvalue weighted by molar-refractivity contribution is -0.123. The lowest BCUT2D eigenvalue weighted by atomic mass is 10.6. The van der Waals surface area contributed by atoms with Crippen molar-refractivity contribution >= 4 is 17.9 Å². The van der Waals surface area contributed by atoms with Crippen LogP contribution in [-0.4, -0.2) is 31.2 Å². The van der Waals surface area contributed by atoms with Crippen molar-refractivity contribution < 1.29 is 14.3 Å². The third-order valence-corrected chi connectivity index (χ3v) is 1.09. The van der Waals surface area contributed by atoms with Crippen LogP contribution in [0.15, 0.2) is 0 Å². The average molecular weight is 211 g/mol. The van der Waals surface area contributed by atoms with Crippen LogP contribution in [0.2, 0.25) is 0 Å². The molecule has 1 unspecified atom stereocenters. The quantitative estimate of drug-likeness (QED) is 0.397. The minimum Gasteiger partial charge on any atom is -0.353 e. The maximum absolute atomic E-state index is 9.37. The van der Waals surface area contributed by atoms with E-state index in [1.807, 2.05) is 20.8 Å². The van der Waals surface area contributed by atoms with Crippen LogP contribution >= 0.6 is 11.6 Å². The molecule has 0 aromatic heterocycles. The van der Waals surface area contributed by atoms with E-state index in [1.165, 1.54) is 0 Å². The van der Waals surface area contributed by atoms with Crippen molar-refractivity contribution in [1.29, 1.82) is 0 Å². The number of hydrogen-bond acceptors (Lipinski definition) is 3. The van der Waals surface area contributed by atoms with Crippen molar-refractivity contribution in [2.24, 2.45) is 0 Å². The maximum Gasteiger partial charge on any atom is 0.154 e. The van der Waals surface area contributed by atoms with Crippen LogP contribution in [0.1, 0.15) is 27.7 Å². The molecule has 0 saturated carbocycles. The first-order valence-electron chi connectivity index (χ1n) is 4.40. The molecule has 0 fully saturated rings. The number of carbonyl (C=O) groups is 1. The Morgan fingerprint density at radius 3 is 1.69 bits per heavy atom. The van der Waals surface area contributed by atoms with Gasteiger partial charge in [0.25, 0.3) is 0 Å². The molecule has 0 saturated heterocycles. The predicted octanol–water partition coefficient (Wildman–Crippen LogP) is 2.22. The van der Waals surface area contributed by atoms with Crippen molar-refractivity contribution in [3.8, 4) is 0 Å². The highest BCUT2D eigenvalue weighted by Crippen LogP contribution is 1.90. The molecule has 0 aromatic rings. The highest BCUT2D eigenvalue weighted by Gasteiger charge is 1.94. The Bertz CT molecular complexity index is 101. The summed E-state index contributed by atoms with van der Waals surface area (Å²) < 4.78 is 10.1. The molecule has 4 heteroatoms. The number of aldehydes is 1. The molecule has 0 aliphatic rings. The third kappa shape index (κ3) is 18.7. The zero-order chi connectivity index (χ0) is 10.7. The van der Waals surface area contributed by atoms with Gasteiger partial charge in [-0.1, -0.05) is 0 Å². The Hall–Kier alpha value is -0.120. The third-order valence-electron chi connectivity index (χ3n) is 0.990. The van der Waals surface area contributed by atoms with Gasteiger partial charge in [-0.25, -0.2) is 0 Å². The van der Waals surface area contributed by atoms with Gasteiger partial charge in [0.15, 0.2) is 6.29 Å². The first-order chi connectivity index (χ1) is 6.08. The fourth-order valence-corrected chi connectivity index (χ4v) is 0.518. The second kappa shape index (κ2) is 11.9. The van der Waals surface area contributed by atoms with E-state index in [0.29, 0.717) is 6.29 Å². The molecule has 0 aliphatic heterocycles. The zero-order valence-corrected chi connectivity index (χ0v) is 9.50. The van der Waals surface area contributed by atoms with E-state index in [4.69, 9.17) is 21.1 Å². The molecule has 0 aromatic carbocycles. The molecule has 0 bridgehead atoms. The van der Waals surface area contributed by atoms with Gasteiger partial charge < -0.3 is 14.3 Å². The fourth-order valence-electron chi connectivity index (χ4n) is 0.518. The summed E-state index contributed by atoms with van der Waals surface area (Å²) in [5.41, 5.74) is 0. The second-order valence-electron chi connectivity index (χ2n) is 2.29. The van der Waals surface area contributed by atoms with Crippen molar-refractivity contribution in [2.75, 3.05) is 13.2 Å². The van der Waals surface area contributed by atoms with E-state index in [9.17, 15) is 4.79 Å². The summed E-state index contributed by atoms with van der Waals surface area (Å²) in [6, 6.07) is 0. The second-order valence-corrected chi connectivity index (χ2v) is 2.98. The predicted molar refractivity (Wildman–Crippen MR) is 54.1 cm³/mol. The highest BCUT2D eigenvalue weighted by molar-refractivity contribution is 6.27. The Morgan fingerprint density at radius 1 is 1.23 bits per heavy atom. The largest absolute Gasteiger partial charge is 0.353 e. The van der Waals surface area contributed by atoms with Gasteiger partial charge in [-0.15, -0.1) is 11.6 Å². The minimum atomic E-state index is -0.324. The van der Waals surface area contributed by atoms with Crippen molar-refractivity contribution in [3.05, 3.63) is 0 Å². The lowest BCUT2D eigenvalue weighted by Gasteiger charge is -2.09. The van der Waals surface area contributed by atoms with E-state index in [-0.39, 0.29) is 11.7 Å². The van der Waals surface area contributed by atoms with Gasteiger partial charge in [-0.05, 0) is 27.7 Å². The summed E-state index contributed by atoms with van der Waals surface area (Å²) >= 11 is 5.09. The van der Waals surface area contributed by atoms with Crippen molar-refractivity contribution in [1.82, 2.24) is 0 Å². The van der Waals surface area contributed by atoms with Gasteiger partial charge in [0, 0.05) is 13.2 Å². The van der Waals surface area contributed by atoms with E-state index in [2.05, 4.69) is 0 Å². The van der Waals surface area contributed by atoms with Crippen LogP contribution < -0.4 is 0 Å². The first-order valence-corrected chi connectivity index (χ1v) is 4.84. The van der Waals surface area contributed by atoms with Crippen LogP contribution in [0.5, 0.6) is 0 Å². The molecule has 1 atom stereocenters. The number of halogens is 1. The molecular weight excluding hydrogens is 192 g/mol. The summed E-state index contributed by atoms with van der Waals surface area (Å²) in [4.78, 5) is 9.37. The van der Waals surface area contributed by atoms with E-state index >= 15 is 0 Å². The number of ether oxygens (including phenoxy) is 2. The minimum absolute atomic E-state index is 0.0370. The lowest BCUT2D eigenvalue weighted by Crippen LogP contribution is -2.11.